The van der Waals surface area contributed by atoms with E-state index in [4.69, 9.17) is 16.3 Å². The lowest BCUT2D eigenvalue weighted by atomic mass is 10.1. The Hall–Kier alpha value is -3.05. The number of nitrogens with one attached hydrogen (secondary N) is 1. The van der Waals surface area contributed by atoms with Gasteiger partial charge in [-0.25, -0.2) is 9.97 Å². The second kappa shape index (κ2) is 7.29. The summed E-state index contributed by atoms with van der Waals surface area (Å²) in [4.78, 5) is 12.3. The highest BCUT2D eigenvalue weighted by atomic mass is 35.5. The summed E-state index contributed by atoms with van der Waals surface area (Å²) in [6.07, 6.45) is 3.71. The zero-order valence-electron chi connectivity index (χ0n) is 15.1. The van der Waals surface area contributed by atoms with E-state index in [1.54, 1.807) is 6.33 Å². The Morgan fingerprint density at radius 1 is 1.04 bits per heavy atom. The zero-order chi connectivity index (χ0) is 18.8. The number of halogens is 1. The van der Waals surface area contributed by atoms with E-state index in [1.165, 1.54) is 0 Å². The van der Waals surface area contributed by atoms with Crippen molar-refractivity contribution in [3.63, 3.8) is 0 Å². The number of aryl methyl sites for hydroxylation is 2. The minimum Gasteiger partial charge on any atom is -0.487 e. The van der Waals surface area contributed by atoms with Crippen molar-refractivity contribution in [3.05, 3.63) is 77.5 Å². The molecule has 0 saturated carbocycles. The molecule has 5 nitrogen and oxygen atoms in total. The molecule has 0 atom stereocenters. The topological polar surface area (TPSA) is 55.7 Å². The van der Waals surface area contributed by atoms with Crippen molar-refractivity contribution in [1.29, 1.82) is 0 Å². The van der Waals surface area contributed by atoms with E-state index in [0.717, 1.165) is 44.8 Å². The summed E-state index contributed by atoms with van der Waals surface area (Å²) in [5.74, 6) is 1.62. The highest BCUT2D eigenvalue weighted by Gasteiger charge is 2.10. The van der Waals surface area contributed by atoms with Gasteiger partial charge in [0, 0.05) is 23.8 Å². The molecule has 0 aliphatic carbocycles. The number of hydrogen-bond acceptors (Lipinski definition) is 3. The third kappa shape index (κ3) is 3.88. The van der Waals surface area contributed by atoms with Crippen LogP contribution in [0.25, 0.3) is 22.6 Å². The Balaban J connectivity index is 1.50. The van der Waals surface area contributed by atoms with E-state index >= 15 is 0 Å². The number of aromatic amines is 1. The molecule has 0 fully saturated rings. The zero-order valence-corrected chi connectivity index (χ0v) is 15.9. The van der Waals surface area contributed by atoms with Crippen molar-refractivity contribution >= 4 is 11.6 Å². The van der Waals surface area contributed by atoms with Crippen molar-refractivity contribution < 1.29 is 4.74 Å². The number of imidazole rings is 2. The quantitative estimate of drug-likeness (QED) is 0.530. The van der Waals surface area contributed by atoms with Gasteiger partial charge < -0.3 is 14.3 Å². The molecule has 0 unspecified atom stereocenters. The highest BCUT2D eigenvalue weighted by Crippen LogP contribution is 2.27. The summed E-state index contributed by atoms with van der Waals surface area (Å²) >= 11 is 5.98. The average Bonchev–Trinajstić information content (AvgIpc) is 3.27. The normalized spacial score (nSPS) is 10.9. The maximum Gasteiger partial charge on any atom is 0.138 e. The number of benzene rings is 2. The lowest BCUT2D eigenvalue weighted by molar-refractivity contribution is 0.302. The Labute approximate surface area is 162 Å². The van der Waals surface area contributed by atoms with Gasteiger partial charge in [-0.05, 0) is 48.9 Å². The first-order valence-electron chi connectivity index (χ1n) is 8.61. The fourth-order valence-corrected chi connectivity index (χ4v) is 3.03. The number of rotatable bonds is 5. The van der Waals surface area contributed by atoms with Crippen LogP contribution in [0.15, 0.2) is 61.1 Å². The van der Waals surface area contributed by atoms with Crippen molar-refractivity contribution in [2.24, 2.45) is 7.05 Å². The molecule has 2 aromatic carbocycles. The van der Waals surface area contributed by atoms with Gasteiger partial charge in [0.05, 0.1) is 23.4 Å². The molecule has 4 aromatic rings. The Morgan fingerprint density at radius 3 is 2.41 bits per heavy atom. The lowest BCUT2D eigenvalue weighted by Crippen LogP contribution is -1.95. The third-order valence-corrected chi connectivity index (χ3v) is 4.54. The fraction of sp³-hybridized carbons (Fsp3) is 0.143. The molecule has 0 aliphatic heterocycles. The van der Waals surface area contributed by atoms with E-state index in [1.807, 2.05) is 73.3 Å². The summed E-state index contributed by atoms with van der Waals surface area (Å²) in [6.45, 7) is 2.44. The molecular formula is C21H19ClN4O. The summed E-state index contributed by atoms with van der Waals surface area (Å²) in [5.41, 5.74) is 4.91. The van der Waals surface area contributed by atoms with Crippen molar-refractivity contribution in [2.75, 3.05) is 0 Å². The van der Waals surface area contributed by atoms with Crippen LogP contribution in [0.2, 0.25) is 5.02 Å². The standard InChI is InChI=1S/C21H19ClN4O/c1-14-20(15-3-7-17(22)8-4-15)25-21(24-14)16-5-9-19(10-6-16)27-12-18-11-26(2)13-23-18/h3-11,13H,12H2,1-2H3,(H,24,25). The SMILES string of the molecule is Cc1nc(-c2ccc(OCc3cn(C)cn3)cc2)[nH]c1-c1ccc(Cl)cc1. The second-order valence-corrected chi connectivity index (χ2v) is 6.83. The van der Waals surface area contributed by atoms with Crippen molar-refractivity contribution in [3.8, 4) is 28.4 Å². The van der Waals surface area contributed by atoms with Gasteiger partial charge in [0.15, 0.2) is 0 Å². The predicted molar refractivity (Wildman–Crippen MR) is 107 cm³/mol. The van der Waals surface area contributed by atoms with Gasteiger partial charge in [-0.1, -0.05) is 23.7 Å². The molecule has 0 amide bonds. The van der Waals surface area contributed by atoms with Crippen LogP contribution in [0.4, 0.5) is 0 Å². The molecule has 136 valence electrons. The number of nitrogens with zero attached hydrogens (tertiary/aromatic N) is 3. The lowest BCUT2D eigenvalue weighted by Gasteiger charge is -2.05. The van der Waals surface area contributed by atoms with E-state index in [9.17, 15) is 0 Å². The molecule has 1 N–H and O–H groups in total. The third-order valence-electron chi connectivity index (χ3n) is 4.29. The van der Waals surface area contributed by atoms with Crippen LogP contribution in [0.3, 0.4) is 0 Å². The first kappa shape index (κ1) is 17.4. The van der Waals surface area contributed by atoms with Gasteiger partial charge in [0.25, 0.3) is 0 Å². The van der Waals surface area contributed by atoms with E-state index in [-0.39, 0.29) is 0 Å². The van der Waals surface area contributed by atoms with Gasteiger partial charge in [0.1, 0.15) is 18.2 Å². The van der Waals surface area contributed by atoms with Gasteiger partial charge in [-0.3, -0.25) is 0 Å². The number of hydrogen-bond donors (Lipinski definition) is 1. The molecule has 0 radical (unpaired) electrons. The summed E-state index contributed by atoms with van der Waals surface area (Å²) < 4.78 is 7.69. The smallest absolute Gasteiger partial charge is 0.138 e. The number of H-pyrrole nitrogens is 1. The number of ether oxygens (including phenoxy) is 1. The monoisotopic (exact) mass is 378 g/mol. The first-order valence-corrected chi connectivity index (χ1v) is 8.99. The van der Waals surface area contributed by atoms with Crippen LogP contribution in [0.1, 0.15) is 11.4 Å². The molecule has 2 heterocycles. The van der Waals surface area contributed by atoms with Gasteiger partial charge in [-0.2, -0.15) is 0 Å². The second-order valence-electron chi connectivity index (χ2n) is 6.40. The largest absolute Gasteiger partial charge is 0.487 e. The molecule has 2 aromatic heterocycles. The van der Waals surface area contributed by atoms with E-state index < -0.39 is 0 Å². The predicted octanol–water partition coefficient (Wildman–Crippen LogP) is 5.02. The average molecular weight is 379 g/mol. The van der Waals surface area contributed by atoms with Crippen LogP contribution in [-0.2, 0) is 13.7 Å². The minimum atomic E-state index is 0.445. The molecular weight excluding hydrogens is 360 g/mol. The molecule has 0 bridgehead atoms. The summed E-state index contributed by atoms with van der Waals surface area (Å²) in [7, 11) is 1.94. The molecule has 27 heavy (non-hydrogen) atoms. The molecule has 6 heteroatoms. The van der Waals surface area contributed by atoms with Crippen molar-refractivity contribution in [2.45, 2.75) is 13.5 Å². The minimum absolute atomic E-state index is 0.445. The molecule has 0 saturated heterocycles. The summed E-state index contributed by atoms with van der Waals surface area (Å²) in [6, 6.07) is 15.6. The molecule has 0 spiro atoms. The number of aromatic nitrogens is 4. The molecule has 4 rings (SSSR count). The first-order chi connectivity index (χ1) is 13.1. The maximum absolute atomic E-state index is 5.98. The van der Waals surface area contributed by atoms with Crippen LogP contribution >= 0.6 is 11.6 Å². The van der Waals surface area contributed by atoms with Crippen LogP contribution in [0, 0.1) is 6.92 Å². The van der Waals surface area contributed by atoms with E-state index in [0.29, 0.717) is 6.61 Å². The Bertz CT molecular complexity index is 1050. The summed E-state index contributed by atoms with van der Waals surface area (Å²) in [5, 5.41) is 0.720. The fourth-order valence-electron chi connectivity index (χ4n) is 2.90. The van der Waals surface area contributed by atoms with Crippen molar-refractivity contribution in [1.82, 2.24) is 19.5 Å². The van der Waals surface area contributed by atoms with Crippen LogP contribution in [0.5, 0.6) is 5.75 Å². The molecule has 0 aliphatic rings. The van der Waals surface area contributed by atoms with Crippen LogP contribution < -0.4 is 4.74 Å². The van der Waals surface area contributed by atoms with Gasteiger partial charge in [-0.15, -0.1) is 0 Å². The highest BCUT2D eigenvalue weighted by molar-refractivity contribution is 6.30. The van der Waals surface area contributed by atoms with Gasteiger partial charge in [0.2, 0.25) is 0 Å². The van der Waals surface area contributed by atoms with E-state index in [2.05, 4.69) is 15.0 Å². The Kier molecular flexibility index (Phi) is 4.69. The Morgan fingerprint density at radius 2 is 1.74 bits per heavy atom. The van der Waals surface area contributed by atoms with Gasteiger partial charge >= 0.3 is 0 Å². The maximum atomic E-state index is 5.98. The van der Waals surface area contributed by atoms with Crippen LogP contribution in [-0.4, -0.2) is 19.5 Å².